The van der Waals surface area contributed by atoms with E-state index in [9.17, 15) is 9.59 Å². The molecular weight excluding hydrogens is 422 g/mol. The highest BCUT2D eigenvalue weighted by Crippen LogP contribution is 2.47. The van der Waals surface area contributed by atoms with E-state index in [4.69, 9.17) is 4.74 Å². The molecule has 1 N–H and O–H groups in total. The fourth-order valence-corrected chi connectivity index (χ4v) is 4.66. The van der Waals surface area contributed by atoms with Crippen LogP contribution in [0.5, 0.6) is 0 Å². The molecule has 0 radical (unpaired) electrons. The highest BCUT2D eigenvalue weighted by molar-refractivity contribution is 5.90. The Morgan fingerprint density at radius 1 is 0.735 bits per heavy atom. The molecule has 0 aromatic heterocycles. The number of benzene rings is 4. The Morgan fingerprint density at radius 3 is 1.68 bits per heavy atom. The number of rotatable bonds is 4. The predicted molar refractivity (Wildman–Crippen MR) is 136 cm³/mol. The Kier molecular flexibility index (Phi) is 5.29. The second-order valence-corrected chi connectivity index (χ2v) is 9.08. The zero-order valence-corrected chi connectivity index (χ0v) is 19.4. The summed E-state index contributed by atoms with van der Waals surface area (Å²) in [6.45, 7) is 4.49. The van der Waals surface area contributed by atoms with Gasteiger partial charge in [-0.25, -0.2) is 4.79 Å². The second-order valence-electron chi connectivity index (χ2n) is 9.08. The molecule has 0 unspecified atom stereocenters. The number of ether oxygens (including phenoxy) is 1. The summed E-state index contributed by atoms with van der Waals surface area (Å²) in [6, 6.07) is 28.1. The first-order valence-electron chi connectivity index (χ1n) is 11.2. The van der Waals surface area contributed by atoms with Gasteiger partial charge in [0.15, 0.2) is 0 Å². The van der Waals surface area contributed by atoms with E-state index in [2.05, 4.69) is 55.6 Å². The van der Waals surface area contributed by atoms with Crippen molar-refractivity contribution in [2.45, 2.75) is 19.3 Å². The molecule has 1 aliphatic heterocycles. The van der Waals surface area contributed by atoms with Crippen LogP contribution in [0.3, 0.4) is 0 Å². The summed E-state index contributed by atoms with van der Waals surface area (Å²) in [5, 5.41) is 3.60. The first kappa shape index (κ1) is 21.7. The molecule has 0 saturated heterocycles. The summed E-state index contributed by atoms with van der Waals surface area (Å²) in [4.78, 5) is 22.8. The number of anilines is 2. The van der Waals surface area contributed by atoms with Crippen molar-refractivity contribution in [2.75, 3.05) is 12.4 Å². The van der Waals surface area contributed by atoms with Gasteiger partial charge in [-0.1, -0.05) is 62.4 Å². The molecule has 0 amide bonds. The predicted octanol–water partition coefficient (Wildman–Crippen LogP) is 7.00. The van der Waals surface area contributed by atoms with Crippen LogP contribution in [-0.2, 0) is 10.2 Å². The van der Waals surface area contributed by atoms with Gasteiger partial charge in [0.25, 0.3) is 0 Å². The van der Waals surface area contributed by atoms with E-state index < -0.39 is 0 Å². The molecule has 4 aromatic rings. The van der Waals surface area contributed by atoms with Crippen LogP contribution in [0.2, 0.25) is 0 Å². The number of hydrogen-bond donors (Lipinski definition) is 1. The van der Waals surface area contributed by atoms with E-state index in [1.165, 1.54) is 18.2 Å². The van der Waals surface area contributed by atoms with Crippen LogP contribution in [0.25, 0.3) is 22.3 Å². The lowest BCUT2D eigenvalue weighted by atomic mass is 9.73. The quantitative estimate of drug-likeness (QED) is 0.270. The SMILES string of the molecule is COC(=O)c1ccc(-c2ccc3c(c2)C(C)(C)c2cc(-c4ccc(C=O)cc4)ccc2N3)cc1. The molecule has 168 valence electrons. The first-order chi connectivity index (χ1) is 16.4. The Labute approximate surface area is 199 Å². The van der Waals surface area contributed by atoms with Crippen molar-refractivity contribution in [3.63, 3.8) is 0 Å². The van der Waals surface area contributed by atoms with Crippen molar-refractivity contribution in [2.24, 2.45) is 0 Å². The maximum absolute atomic E-state index is 11.8. The molecule has 0 aliphatic carbocycles. The Bertz CT molecular complexity index is 1400. The third kappa shape index (κ3) is 3.67. The van der Waals surface area contributed by atoms with Crippen LogP contribution in [0.1, 0.15) is 45.7 Å². The zero-order chi connectivity index (χ0) is 23.9. The van der Waals surface area contributed by atoms with Crippen LogP contribution in [0.4, 0.5) is 11.4 Å². The smallest absolute Gasteiger partial charge is 0.337 e. The van der Waals surface area contributed by atoms with Gasteiger partial charge in [-0.05, 0) is 69.8 Å². The number of nitrogens with one attached hydrogen (secondary N) is 1. The molecule has 4 aromatic carbocycles. The number of carbonyl (C=O) groups is 2. The molecule has 0 saturated carbocycles. The van der Waals surface area contributed by atoms with Gasteiger partial charge in [0, 0.05) is 22.4 Å². The van der Waals surface area contributed by atoms with Crippen LogP contribution >= 0.6 is 0 Å². The second kappa shape index (κ2) is 8.31. The summed E-state index contributed by atoms with van der Waals surface area (Å²) in [7, 11) is 1.39. The molecule has 4 heteroatoms. The molecule has 0 bridgehead atoms. The minimum Gasteiger partial charge on any atom is -0.465 e. The molecule has 0 atom stereocenters. The number of fused-ring (bicyclic) bond motifs is 2. The van der Waals surface area contributed by atoms with Crippen LogP contribution in [-0.4, -0.2) is 19.4 Å². The minimum atomic E-state index is -0.337. The topological polar surface area (TPSA) is 55.4 Å². The highest BCUT2D eigenvalue weighted by atomic mass is 16.5. The Hall–Kier alpha value is -4.18. The third-order valence-electron chi connectivity index (χ3n) is 6.67. The van der Waals surface area contributed by atoms with Gasteiger partial charge >= 0.3 is 5.97 Å². The van der Waals surface area contributed by atoms with E-state index in [-0.39, 0.29) is 11.4 Å². The van der Waals surface area contributed by atoms with E-state index in [0.717, 1.165) is 39.9 Å². The van der Waals surface area contributed by atoms with Crippen LogP contribution in [0, 0.1) is 0 Å². The molecule has 5 rings (SSSR count). The monoisotopic (exact) mass is 447 g/mol. The summed E-state index contributed by atoms with van der Waals surface area (Å²) >= 11 is 0. The van der Waals surface area contributed by atoms with Gasteiger partial charge in [0.1, 0.15) is 6.29 Å². The number of aldehydes is 1. The Balaban J connectivity index is 1.53. The van der Waals surface area contributed by atoms with Crippen molar-refractivity contribution < 1.29 is 14.3 Å². The summed E-state index contributed by atoms with van der Waals surface area (Å²) in [5.41, 5.74) is 9.93. The zero-order valence-electron chi connectivity index (χ0n) is 19.4. The molecule has 34 heavy (non-hydrogen) atoms. The van der Waals surface area contributed by atoms with Gasteiger partial charge in [0.2, 0.25) is 0 Å². The third-order valence-corrected chi connectivity index (χ3v) is 6.67. The molecular formula is C30H25NO3. The first-order valence-corrected chi connectivity index (χ1v) is 11.2. The number of esters is 1. The maximum atomic E-state index is 11.8. The highest BCUT2D eigenvalue weighted by Gasteiger charge is 2.33. The molecule has 0 fully saturated rings. The van der Waals surface area contributed by atoms with Crippen molar-refractivity contribution in [1.29, 1.82) is 0 Å². The molecule has 1 aliphatic rings. The van der Waals surface area contributed by atoms with Gasteiger partial charge in [-0.2, -0.15) is 0 Å². The lowest BCUT2D eigenvalue weighted by Gasteiger charge is -2.36. The largest absolute Gasteiger partial charge is 0.465 e. The molecule has 4 nitrogen and oxygen atoms in total. The average Bonchev–Trinajstić information content (AvgIpc) is 2.88. The van der Waals surface area contributed by atoms with Crippen LogP contribution < -0.4 is 5.32 Å². The van der Waals surface area contributed by atoms with E-state index in [1.807, 2.05) is 36.4 Å². The summed E-state index contributed by atoms with van der Waals surface area (Å²) in [6.07, 6.45) is 0.862. The number of carbonyl (C=O) groups excluding carboxylic acids is 2. The van der Waals surface area contributed by atoms with Gasteiger partial charge in [-0.3, -0.25) is 4.79 Å². The standard InChI is InChI=1S/C30H25NO3/c1-30(2)25-16-23(20-6-4-19(18-32)5-7-20)12-14-27(25)31-28-15-13-24(17-26(28)30)21-8-10-22(11-9-21)29(33)34-3/h4-18,31H,1-3H3. The Morgan fingerprint density at radius 2 is 1.21 bits per heavy atom. The number of methoxy groups -OCH3 is 1. The van der Waals surface area contributed by atoms with Crippen molar-refractivity contribution in [3.05, 3.63) is 107 Å². The lowest BCUT2D eigenvalue weighted by Crippen LogP contribution is -2.26. The van der Waals surface area contributed by atoms with E-state index in [0.29, 0.717) is 11.1 Å². The fraction of sp³-hybridized carbons (Fsp3) is 0.133. The van der Waals surface area contributed by atoms with Crippen molar-refractivity contribution >= 4 is 23.6 Å². The number of hydrogen-bond acceptors (Lipinski definition) is 4. The van der Waals surface area contributed by atoms with Crippen molar-refractivity contribution in [1.82, 2.24) is 0 Å². The van der Waals surface area contributed by atoms with E-state index in [1.54, 1.807) is 12.1 Å². The van der Waals surface area contributed by atoms with E-state index >= 15 is 0 Å². The summed E-state index contributed by atoms with van der Waals surface area (Å²) < 4.78 is 4.81. The minimum absolute atomic E-state index is 0.226. The lowest BCUT2D eigenvalue weighted by molar-refractivity contribution is 0.0600. The van der Waals surface area contributed by atoms with Crippen molar-refractivity contribution in [3.8, 4) is 22.3 Å². The fourth-order valence-electron chi connectivity index (χ4n) is 4.66. The normalized spacial score (nSPS) is 13.3. The maximum Gasteiger partial charge on any atom is 0.337 e. The summed E-state index contributed by atoms with van der Waals surface area (Å²) in [5.74, 6) is -0.337. The molecule has 0 spiro atoms. The van der Waals surface area contributed by atoms with Gasteiger partial charge < -0.3 is 10.1 Å². The molecule has 1 heterocycles. The van der Waals surface area contributed by atoms with Gasteiger partial charge in [0.05, 0.1) is 12.7 Å². The average molecular weight is 448 g/mol. The van der Waals surface area contributed by atoms with Crippen LogP contribution in [0.15, 0.2) is 84.9 Å². The van der Waals surface area contributed by atoms with Gasteiger partial charge in [-0.15, -0.1) is 0 Å².